The molecule has 1 aliphatic rings. The quantitative estimate of drug-likeness (QED) is 0.374. The van der Waals surface area contributed by atoms with Crippen LogP contribution in [0.4, 0.5) is 17.1 Å². The number of morpholine rings is 1. The number of esters is 1. The third kappa shape index (κ3) is 5.58. The van der Waals surface area contributed by atoms with E-state index in [9.17, 15) is 24.5 Å². The van der Waals surface area contributed by atoms with Gasteiger partial charge in [-0.05, 0) is 30.3 Å². The first kappa shape index (κ1) is 22.7. The molecule has 1 heterocycles. The molecule has 1 fully saturated rings. The Morgan fingerprint density at radius 2 is 1.78 bits per heavy atom. The van der Waals surface area contributed by atoms with Gasteiger partial charge in [-0.1, -0.05) is 0 Å². The van der Waals surface area contributed by atoms with Crippen molar-refractivity contribution in [1.82, 2.24) is 5.32 Å². The van der Waals surface area contributed by atoms with E-state index in [-0.39, 0.29) is 23.4 Å². The molecule has 0 atom stereocenters. The second-order valence-electron chi connectivity index (χ2n) is 6.85. The van der Waals surface area contributed by atoms with Gasteiger partial charge in [0.25, 0.3) is 17.5 Å². The number of carbonyl (C=O) groups is 3. The third-order valence-corrected chi connectivity index (χ3v) is 4.81. The number of ether oxygens (including phenoxy) is 2. The highest BCUT2D eigenvalue weighted by molar-refractivity contribution is 6.09. The molecule has 2 amide bonds. The minimum atomic E-state index is -0.574. The topological polar surface area (TPSA) is 140 Å². The Bertz CT molecular complexity index is 1020. The molecule has 2 aromatic carbocycles. The van der Waals surface area contributed by atoms with Crippen LogP contribution in [-0.4, -0.2) is 62.7 Å². The molecular weight excluding hydrogens is 420 g/mol. The van der Waals surface area contributed by atoms with E-state index in [1.54, 1.807) is 6.07 Å². The first-order chi connectivity index (χ1) is 15.4. The zero-order valence-electron chi connectivity index (χ0n) is 17.3. The standard InChI is InChI=1S/C21H22N4O7/c1-31-19(26)13-22-20(27)14-2-4-15(5-3-14)23-21(28)17-12-16(25(29)30)6-7-18(17)24-8-10-32-11-9-24/h2-7,12H,8-11,13H2,1H3,(H,22,27)(H,23,28). The van der Waals surface area contributed by atoms with Crippen LogP contribution >= 0.6 is 0 Å². The summed E-state index contributed by atoms with van der Waals surface area (Å²) in [7, 11) is 1.22. The third-order valence-electron chi connectivity index (χ3n) is 4.81. The number of hydrogen-bond donors (Lipinski definition) is 2. The van der Waals surface area contributed by atoms with Crippen LogP contribution in [0.15, 0.2) is 42.5 Å². The van der Waals surface area contributed by atoms with Crippen LogP contribution < -0.4 is 15.5 Å². The highest BCUT2D eigenvalue weighted by atomic mass is 16.6. The normalized spacial score (nSPS) is 13.2. The van der Waals surface area contributed by atoms with Crippen molar-refractivity contribution in [2.24, 2.45) is 0 Å². The number of non-ortho nitro benzene ring substituents is 1. The summed E-state index contributed by atoms with van der Waals surface area (Å²) in [6.45, 7) is 1.86. The largest absolute Gasteiger partial charge is 0.468 e. The molecule has 1 saturated heterocycles. The van der Waals surface area contributed by atoms with E-state index >= 15 is 0 Å². The van der Waals surface area contributed by atoms with E-state index in [4.69, 9.17) is 4.74 Å². The van der Waals surface area contributed by atoms with Crippen LogP contribution in [0.1, 0.15) is 20.7 Å². The first-order valence-corrected chi connectivity index (χ1v) is 9.76. The number of methoxy groups -OCH3 is 1. The summed E-state index contributed by atoms with van der Waals surface area (Å²) >= 11 is 0. The molecule has 0 spiro atoms. The van der Waals surface area contributed by atoms with E-state index in [2.05, 4.69) is 15.4 Å². The zero-order chi connectivity index (χ0) is 23.1. The van der Waals surface area contributed by atoms with Gasteiger partial charge in [0, 0.05) is 36.5 Å². The molecule has 3 rings (SSSR count). The van der Waals surface area contributed by atoms with Gasteiger partial charge in [0.05, 0.1) is 36.5 Å². The van der Waals surface area contributed by atoms with Crippen molar-refractivity contribution in [3.63, 3.8) is 0 Å². The lowest BCUT2D eigenvalue weighted by molar-refractivity contribution is -0.384. The highest BCUT2D eigenvalue weighted by Gasteiger charge is 2.22. The summed E-state index contributed by atoms with van der Waals surface area (Å²) in [6, 6.07) is 10.2. The number of nitro groups is 1. The van der Waals surface area contributed by atoms with Crippen molar-refractivity contribution in [2.75, 3.05) is 50.2 Å². The molecule has 0 unspecified atom stereocenters. The van der Waals surface area contributed by atoms with Gasteiger partial charge in [-0.2, -0.15) is 0 Å². The predicted molar refractivity (Wildman–Crippen MR) is 115 cm³/mol. The Hall–Kier alpha value is -3.99. The zero-order valence-corrected chi connectivity index (χ0v) is 17.3. The molecule has 168 valence electrons. The van der Waals surface area contributed by atoms with Gasteiger partial charge in [-0.3, -0.25) is 24.5 Å². The number of carbonyl (C=O) groups excluding carboxylic acids is 3. The van der Waals surface area contributed by atoms with Crippen LogP contribution in [0.25, 0.3) is 0 Å². The minimum absolute atomic E-state index is 0.168. The van der Waals surface area contributed by atoms with E-state index in [0.717, 1.165) is 0 Å². The Morgan fingerprint density at radius 1 is 1.09 bits per heavy atom. The molecule has 1 aliphatic heterocycles. The molecule has 2 aromatic rings. The summed E-state index contributed by atoms with van der Waals surface area (Å²) < 4.78 is 9.80. The number of nitro benzene ring substituents is 1. The van der Waals surface area contributed by atoms with E-state index < -0.39 is 22.7 Å². The highest BCUT2D eigenvalue weighted by Crippen LogP contribution is 2.27. The number of anilines is 2. The van der Waals surface area contributed by atoms with Crippen LogP contribution in [-0.2, 0) is 14.3 Å². The Balaban J connectivity index is 1.75. The molecule has 32 heavy (non-hydrogen) atoms. The summed E-state index contributed by atoms with van der Waals surface area (Å²) in [5.74, 6) is -1.56. The molecule has 11 heteroatoms. The lowest BCUT2D eigenvalue weighted by Crippen LogP contribution is -2.37. The smallest absolute Gasteiger partial charge is 0.325 e. The van der Waals surface area contributed by atoms with E-state index in [0.29, 0.717) is 37.7 Å². The van der Waals surface area contributed by atoms with Crippen molar-refractivity contribution in [1.29, 1.82) is 0 Å². The summed E-state index contributed by atoms with van der Waals surface area (Å²) in [5, 5.41) is 16.3. The molecule has 0 aliphatic carbocycles. The summed E-state index contributed by atoms with van der Waals surface area (Å²) in [6.07, 6.45) is 0. The van der Waals surface area contributed by atoms with Crippen molar-refractivity contribution in [2.45, 2.75) is 0 Å². The number of nitrogens with zero attached hydrogens (tertiary/aromatic N) is 2. The molecule has 0 radical (unpaired) electrons. The van der Waals surface area contributed by atoms with Crippen molar-refractivity contribution in [3.05, 3.63) is 63.7 Å². The monoisotopic (exact) mass is 442 g/mol. The molecule has 11 nitrogen and oxygen atoms in total. The maximum Gasteiger partial charge on any atom is 0.325 e. The van der Waals surface area contributed by atoms with Gasteiger partial charge in [-0.25, -0.2) is 0 Å². The van der Waals surface area contributed by atoms with Gasteiger partial charge < -0.3 is 25.0 Å². The maximum absolute atomic E-state index is 13.0. The van der Waals surface area contributed by atoms with Crippen LogP contribution in [0.5, 0.6) is 0 Å². The Labute approximate surface area is 183 Å². The van der Waals surface area contributed by atoms with Gasteiger partial charge in [0.15, 0.2) is 0 Å². The molecule has 2 N–H and O–H groups in total. The lowest BCUT2D eigenvalue weighted by atomic mass is 10.1. The molecule has 0 aromatic heterocycles. The van der Waals surface area contributed by atoms with Gasteiger partial charge in [0.1, 0.15) is 6.54 Å². The number of nitrogens with one attached hydrogen (secondary N) is 2. The number of amides is 2. The summed E-state index contributed by atoms with van der Waals surface area (Å²) in [5.41, 5.74) is 1.25. The second-order valence-corrected chi connectivity index (χ2v) is 6.85. The van der Waals surface area contributed by atoms with Crippen LogP contribution in [0.3, 0.4) is 0 Å². The van der Waals surface area contributed by atoms with Gasteiger partial charge >= 0.3 is 5.97 Å². The first-order valence-electron chi connectivity index (χ1n) is 9.76. The average molecular weight is 442 g/mol. The van der Waals surface area contributed by atoms with Crippen molar-refractivity contribution in [3.8, 4) is 0 Å². The van der Waals surface area contributed by atoms with Crippen LogP contribution in [0, 0.1) is 10.1 Å². The Kier molecular flexibility index (Phi) is 7.34. The van der Waals surface area contributed by atoms with Gasteiger partial charge in [-0.15, -0.1) is 0 Å². The fourth-order valence-corrected chi connectivity index (χ4v) is 3.13. The fourth-order valence-electron chi connectivity index (χ4n) is 3.13. The SMILES string of the molecule is COC(=O)CNC(=O)c1ccc(NC(=O)c2cc([N+](=O)[O-])ccc2N2CCOCC2)cc1. The van der Waals surface area contributed by atoms with Crippen molar-refractivity contribution >= 4 is 34.8 Å². The molecular formula is C21H22N4O7. The maximum atomic E-state index is 13.0. The number of benzene rings is 2. The van der Waals surface area contributed by atoms with Gasteiger partial charge in [0.2, 0.25) is 0 Å². The molecule has 0 bridgehead atoms. The van der Waals surface area contributed by atoms with Crippen LogP contribution in [0.2, 0.25) is 0 Å². The molecule has 0 saturated carbocycles. The number of hydrogen-bond acceptors (Lipinski definition) is 8. The lowest BCUT2D eigenvalue weighted by Gasteiger charge is -2.30. The number of rotatable bonds is 7. The van der Waals surface area contributed by atoms with Crippen molar-refractivity contribution < 1.29 is 28.8 Å². The average Bonchev–Trinajstić information content (AvgIpc) is 2.82. The van der Waals surface area contributed by atoms with E-state index in [1.165, 1.54) is 43.5 Å². The summed E-state index contributed by atoms with van der Waals surface area (Å²) in [4.78, 5) is 48.7. The Morgan fingerprint density at radius 3 is 2.41 bits per heavy atom. The minimum Gasteiger partial charge on any atom is -0.468 e. The fraction of sp³-hybridized carbons (Fsp3) is 0.286. The predicted octanol–water partition coefficient (Wildman–Crippen LogP) is 1.59. The van der Waals surface area contributed by atoms with E-state index in [1.807, 2.05) is 4.90 Å². The second kappa shape index (κ2) is 10.4.